The molecule has 0 saturated carbocycles. The average molecular weight is 124 g/mol. The van der Waals surface area contributed by atoms with Gasteiger partial charge in [0.2, 0.25) is 0 Å². The molecule has 9 heavy (non-hydrogen) atoms. The van der Waals surface area contributed by atoms with Crippen LogP contribution < -0.4 is 0 Å². The lowest BCUT2D eigenvalue weighted by Crippen LogP contribution is -2.22. The first-order valence-electron chi connectivity index (χ1n) is 3.02. The maximum Gasteiger partial charge on any atom is 0.125 e. The van der Waals surface area contributed by atoms with Crippen molar-refractivity contribution in [3.8, 4) is 0 Å². The quantitative estimate of drug-likeness (QED) is 0.366. The molecule has 2 unspecified atom stereocenters. The van der Waals surface area contributed by atoms with Crippen molar-refractivity contribution >= 4 is 14.1 Å². The minimum absolute atomic E-state index is 0.0139. The van der Waals surface area contributed by atoms with Crippen molar-refractivity contribution in [3.05, 3.63) is 0 Å². The van der Waals surface area contributed by atoms with Gasteiger partial charge in [0, 0.05) is 11.4 Å². The van der Waals surface area contributed by atoms with Gasteiger partial charge in [0.15, 0.2) is 0 Å². The number of rotatable bonds is 1. The molecular weight excluding hydrogens is 115 g/mol. The van der Waals surface area contributed by atoms with E-state index in [1.807, 2.05) is 0 Å². The monoisotopic (exact) mass is 124 g/mol. The van der Waals surface area contributed by atoms with Crippen molar-refractivity contribution < 1.29 is 9.53 Å². The minimum atomic E-state index is -0.564. The van der Waals surface area contributed by atoms with Gasteiger partial charge in [-0.25, -0.2) is 0 Å². The normalized spacial score (nSPS) is 43.0. The third kappa shape index (κ3) is 1.55. The zero-order valence-electron chi connectivity index (χ0n) is 5.46. The van der Waals surface area contributed by atoms with Gasteiger partial charge in [-0.3, -0.25) is 0 Å². The first-order valence-corrected chi connectivity index (χ1v) is 3.02. The van der Waals surface area contributed by atoms with E-state index < -0.39 is 5.50 Å². The van der Waals surface area contributed by atoms with Gasteiger partial charge in [-0.2, -0.15) is 0 Å². The van der Waals surface area contributed by atoms with Crippen LogP contribution in [0.3, 0.4) is 0 Å². The van der Waals surface area contributed by atoms with E-state index in [0.717, 1.165) is 6.29 Å². The van der Waals surface area contributed by atoms with Gasteiger partial charge >= 0.3 is 0 Å². The van der Waals surface area contributed by atoms with Gasteiger partial charge in [0.25, 0.3) is 0 Å². The first kappa shape index (κ1) is 6.81. The van der Waals surface area contributed by atoms with E-state index in [4.69, 9.17) is 12.6 Å². The molecule has 0 bridgehead atoms. The van der Waals surface area contributed by atoms with Crippen molar-refractivity contribution in [2.75, 3.05) is 6.61 Å². The number of ether oxygens (including phenoxy) is 1. The standard InChI is InChI=1S/C6H9BO2/c1-6(7)2-5(3-8)4-9-6/h3,5H,2,4H2,1H3. The third-order valence-corrected chi connectivity index (χ3v) is 1.49. The molecule has 48 valence electrons. The lowest BCUT2D eigenvalue weighted by atomic mass is 9.79. The highest BCUT2D eigenvalue weighted by molar-refractivity contribution is 6.14. The summed E-state index contributed by atoms with van der Waals surface area (Å²) in [7, 11) is 5.56. The van der Waals surface area contributed by atoms with E-state index in [1.54, 1.807) is 6.92 Å². The highest BCUT2D eigenvalue weighted by Gasteiger charge is 2.30. The summed E-state index contributed by atoms with van der Waals surface area (Å²) >= 11 is 0. The van der Waals surface area contributed by atoms with E-state index in [9.17, 15) is 4.79 Å². The van der Waals surface area contributed by atoms with Crippen LogP contribution in [0.5, 0.6) is 0 Å². The van der Waals surface area contributed by atoms with Gasteiger partial charge in [0.05, 0.1) is 6.61 Å². The lowest BCUT2D eigenvalue weighted by molar-refractivity contribution is -0.111. The molecule has 0 aliphatic carbocycles. The SMILES string of the molecule is [B]C1(C)CC(C=O)CO1. The second kappa shape index (κ2) is 2.14. The maximum absolute atomic E-state index is 10.2. The second-order valence-electron chi connectivity index (χ2n) is 2.72. The van der Waals surface area contributed by atoms with Crippen molar-refractivity contribution in [2.45, 2.75) is 18.8 Å². The fraction of sp³-hybridized carbons (Fsp3) is 0.833. The highest BCUT2D eigenvalue weighted by Crippen LogP contribution is 2.24. The first-order chi connectivity index (χ1) is 4.14. The molecule has 3 heteroatoms. The second-order valence-corrected chi connectivity index (χ2v) is 2.72. The van der Waals surface area contributed by atoms with Crippen LogP contribution in [0.2, 0.25) is 0 Å². The van der Waals surface area contributed by atoms with Crippen LogP contribution in [0.25, 0.3) is 0 Å². The zero-order valence-corrected chi connectivity index (χ0v) is 5.46. The number of hydrogen-bond donors (Lipinski definition) is 0. The molecule has 1 rings (SSSR count). The molecule has 1 fully saturated rings. The molecule has 0 aromatic carbocycles. The molecule has 1 heterocycles. The fourth-order valence-corrected chi connectivity index (χ4v) is 1.02. The van der Waals surface area contributed by atoms with Crippen LogP contribution in [0.1, 0.15) is 13.3 Å². The van der Waals surface area contributed by atoms with Gasteiger partial charge in [0.1, 0.15) is 14.1 Å². The molecule has 1 aliphatic heterocycles. The molecule has 0 N–H and O–H groups in total. The summed E-state index contributed by atoms with van der Waals surface area (Å²) < 4.78 is 5.09. The molecule has 0 amide bonds. The largest absolute Gasteiger partial charge is 0.384 e. The predicted octanol–water partition coefficient (Wildman–Crippen LogP) is 0.106. The number of aldehydes is 1. The zero-order chi connectivity index (χ0) is 6.91. The lowest BCUT2D eigenvalue weighted by Gasteiger charge is -2.15. The summed E-state index contributed by atoms with van der Waals surface area (Å²) in [4.78, 5) is 10.2. The van der Waals surface area contributed by atoms with E-state index in [-0.39, 0.29) is 5.92 Å². The summed E-state index contributed by atoms with van der Waals surface area (Å²) in [6.45, 7) is 2.27. The number of hydrogen-bond acceptors (Lipinski definition) is 2. The van der Waals surface area contributed by atoms with E-state index in [2.05, 4.69) is 0 Å². The Morgan fingerprint density at radius 2 is 2.56 bits per heavy atom. The molecule has 0 aromatic heterocycles. The van der Waals surface area contributed by atoms with Gasteiger partial charge in [-0.1, -0.05) is 0 Å². The van der Waals surface area contributed by atoms with Crippen LogP contribution in [0.15, 0.2) is 0 Å². The van der Waals surface area contributed by atoms with Crippen LogP contribution in [-0.2, 0) is 9.53 Å². The fourth-order valence-electron chi connectivity index (χ4n) is 1.02. The van der Waals surface area contributed by atoms with Crippen LogP contribution in [0, 0.1) is 5.92 Å². The number of carbonyl (C=O) groups is 1. The molecule has 0 spiro atoms. The van der Waals surface area contributed by atoms with Gasteiger partial charge in [-0.15, -0.1) is 0 Å². The summed E-state index contributed by atoms with van der Waals surface area (Å²) in [6, 6.07) is 0. The Bertz CT molecular complexity index is 122. The average Bonchev–Trinajstić information content (AvgIpc) is 2.10. The summed E-state index contributed by atoms with van der Waals surface area (Å²) in [5, 5.41) is 0. The minimum Gasteiger partial charge on any atom is -0.384 e. The van der Waals surface area contributed by atoms with Crippen molar-refractivity contribution in [3.63, 3.8) is 0 Å². The highest BCUT2D eigenvalue weighted by atomic mass is 16.5. The Hall–Kier alpha value is -0.305. The van der Waals surface area contributed by atoms with Gasteiger partial charge < -0.3 is 9.53 Å². The van der Waals surface area contributed by atoms with Crippen LogP contribution in [0.4, 0.5) is 0 Å². The molecule has 0 aromatic rings. The molecule has 1 saturated heterocycles. The Labute approximate surface area is 56.0 Å². The maximum atomic E-state index is 10.2. The summed E-state index contributed by atoms with van der Waals surface area (Å²) in [5.41, 5.74) is -0.564. The Kier molecular flexibility index (Phi) is 1.62. The molecule has 1 aliphatic rings. The molecule has 2 radical (unpaired) electrons. The van der Waals surface area contributed by atoms with Crippen molar-refractivity contribution in [1.82, 2.24) is 0 Å². The summed E-state index contributed by atoms with van der Waals surface area (Å²) in [6.07, 6.45) is 1.55. The number of carbonyl (C=O) groups excluding carboxylic acids is 1. The Morgan fingerprint density at radius 1 is 1.89 bits per heavy atom. The molecule has 2 nitrogen and oxygen atoms in total. The van der Waals surface area contributed by atoms with Gasteiger partial charge in [-0.05, 0) is 13.3 Å². The van der Waals surface area contributed by atoms with E-state index in [1.165, 1.54) is 0 Å². The molecule has 2 atom stereocenters. The van der Waals surface area contributed by atoms with E-state index in [0.29, 0.717) is 13.0 Å². The van der Waals surface area contributed by atoms with Crippen molar-refractivity contribution in [2.24, 2.45) is 5.92 Å². The topological polar surface area (TPSA) is 26.3 Å². The third-order valence-electron chi connectivity index (χ3n) is 1.49. The van der Waals surface area contributed by atoms with Crippen LogP contribution >= 0.6 is 0 Å². The van der Waals surface area contributed by atoms with Crippen molar-refractivity contribution in [1.29, 1.82) is 0 Å². The summed E-state index contributed by atoms with van der Waals surface area (Å²) in [5.74, 6) is 0.0139. The Balaban J connectivity index is 2.47. The van der Waals surface area contributed by atoms with Crippen LogP contribution in [-0.4, -0.2) is 26.2 Å². The van der Waals surface area contributed by atoms with E-state index >= 15 is 0 Å². The Morgan fingerprint density at radius 3 is 2.78 bits per heavy atom. The molecular formula is C6H9BO2. The predicted molar refractivity (Wildman–Crippen MR) is 34.3 cm³/mol. The smallest absolute Gasteiger partial charge is 0.125 e.